The van der Waals surface area contributed by atoms with Gasteiger partial charge in [-0.2, -0.15) is 5.26 Å². The summed E-state index contributed by atoms with van der Waals surface area (Å²) in [6, 6.07) is 2.01. The number of nitriles is 1. The monoisotopic (exact) mass is 137 g/mol. The molecule has 0 aromatic rings. The molecule has 0 amide bonds. The average Bonchev–Trinajstić information content (AvgIpc) is 1.99. The first-order valence-electron chi connectivity index (χ1n) is 3.00. The van der Waals surface area contributed by atoms with E-state index in [1.165, 1.54) is 0 Å². The summed E-state index contributed by atoms with van der Waals surface area (Å²) < 4.78 is 4.85. The second-order valence-corrected chi connectivity index (χ2v) is 1.94. The van der Waals surface area contributed by atoms with Gasteiger partial charge in [0, 0.05) is 5.57 Å². The number of rotatable bonds is 2. The lowest BCUT2D eigenvalue weighted by Gasteiger charge is -1.93. The molecule has 0 aliphatic heterocycles. The van der Waals surface area contributed by atoms with Crippen molar-refractivity contribution in [3.05, 3.63) is 23.5 Å². The zero-order chi connectivity index (χ0) is 7.98. The molecule has 0 radical (unpaired) electrons. The van der Waals surface area contributed by atoms with Crippen molar-refractivity contribution in [2.45, 2.75) is 13.8 Å². The van der Waals surface area contributed by atoms with Crippen LogP contribution in [0, 0.1) is 11.3 Å². The molecular formula is C8H11NO. The van der Waals surface area contributed by atoms with Gasteiger partial charge in [-0.05, 0) is 26.0 Å². The second-order valence-electron chi connectivity index (χ2n) is 1.94. The van der Waals surface area contributed by atoms with Crippen LogP contribution < -0.4 is 0 Å². The molecule has 0 unspecified atom stereocenters. The molecule has 0 aromatic heterocycles. The number of nitrogens with zero attached hydrogens (tertiary/aromatic N) is 1. The molecule has 0 spiro atoms. The van der Waals surface area contributed by atoms with Crippen LogP contribution in [-0.4, -0.2) is 7.11 Å². The predicted molar refractivity (Wildman–Crippen MR) is 40.1 cm³/mol. The van der Waals surface area contributed by atoms with Gasteiger partial charge in [0.15, 0.2) is 0 Å². The van der Waals surface area contributed by atoms with E-state index in [4.69, 9.17) is 10.00 Å². The van der Waals surface area contributed by atoms with Crippen LogP contribution in [0.4, 0.5) is 0 Å². The molecule has 0 heterocycles. The van der Waals surface area contributed by atoms with E-state index in [9.17, 15) is 0 Å². The van der Waals surface area contributed by atoms with Crippen molar-refractivity contribution in [3.8, 4) is 6.07 Å². The molecule has 0 saturated heterocycles. The molecule has 10 heavy (non-hydrogen) atoms. The van der Waals surface area contributed by atoms with Gasteiger partial charge >= 0.3 is 0 Å². The maximum Gasteiger partial charge on any atom is 0.0944 e. The number of ether oxygens (including phenoxy) is 1. The molecule has 0 saturated carbocycles. The van der Waals surface area contributed by atoms with Crippen molar-refractivity contribution in [3.63, 3.8) is 0 Å². The molecular weight excluding hydrogens is 126 g/mol. The fourth-order valence-electron chi connectivity index (χ4n) is 0.348. The number of methoxy groups -OCH3 is 1. The summed E-state index contributed by atoms with van der Waals surface area (Å²) in [6.07, 6.45) is 3.48. The third-order valence-electron chi connectivity index (χ3n) is 1.07. The van der Waals surface area contributed by atoms with Gasteiger partial charge in [-0.15, -0.1) is 0 Å². The van der Waals surface area contributed by atoms with Gasteiger partial charge in [-0.1, -0.05) is 0 Å². The van der Waals surface area contributed by atoms with Gasteiger partial charge in [0.1, 0.15) is 0 Å². The van der Waals surface area contributed by atoms with Crippen LogP contribution in [0.15, 0.2) is 23.5 Å². The first-order chi connectivity index (χ1) is 4.70. The Hall–Kier alpha value is -1.23. The highest BCUT2D eigenvalue weighted by Crippen LogP contribution is 1.95. The average molecular weight is 137 g/mol. The summed E-state index contributed by atoms with van der Waals surface area (Å²) in [4.78, 5) is 0. The van der Waals surface area contributed by atoms with Gasteiger partial charge < -0.3 is 4.74 Å². The predicted octanol–water partition coefficient (Wildman–Crippen LogP) is 2.01. The summed E-state index contributed by atoms with van der Waals surface area (Å²) in [7, 11) is 1.60. The molecule has 0 aliphatic carbocycles. The Labute approximate surface area is 61.4 Å². The Morgan fingerprint density at radius 3 is 2.40 bits per heavy atom. The highest BCUT2D eigenvalue weighted by molar-refractivity contribution is 5.23. The van der Waals surface area contributed by atoms with Gasteiger partial charge in [0.05, 0.1) is 18.9 Å². The topological polar surface area (TPSA) is 33.0 Å². The van der Waals surface area contributed by atoms with Crippen LogP contribution in [-0.2, 0) is 4.74 Å². The van der Waals surface area contributed by atoms with Gasteiger partial charge in [0.25, 0.3) is 0 Å². The minimum atomic E-state index is 0.677. The molecule has 0 fully saturated rings. The van der Waals surface area contributed by atoms with E-state index < -0.39 is 0 Å². The Bertz CT molecular complexity index is 196. The van der Waals surface area contributed by atoms with E-state index in [2.05, 4.69) is 0 Å². The molecule has 0 bridgehead atoms. The van der Waals surface area contributed by atoms with Crippen molar-refractivity contribution in [2.24, 2.45) is 0 Å². The van der Waals surface area contributed by atoms with Crippen LogP contribution in [0.25, 0.3) is 0 Å². The molecule has 2 heteroatoms. The molecule has 0 rings (SSSR count). The first-order valence-corrected chi connectivity index (χ1v) is 3.00. The van der Waals surface area contributed by atoms with Crippen LogP contribution in [0.2, 0.25) is 0 Å². The zero-order valence-electron chi connectivity index (χ0n) is 6.51. The molecule has 0 aromatic carbocycles. The number of hydrogen-bond donors (Lipinski definition) is 0. The second kappa shape index (κ2) is 4.63. The van der Waals surface area contributed by atoms with Crippen LogP contribution in [0.3, 0.4) is 0 Å². The van der Waals surface area contributed by atoms with E-state index in [1.807, 2.05) is 13.0 Å². The summed E-state index contributed by atoms with van der Waals surface area (Å²) in [5.74, 6) is 0.801. The summed E-state index contributed by atoms with van der Waals surface area (Å²) in [5, 5.41) is 8.33. The Kier molecular flexibility index (Phi) is 4.06. The maximum absolute atomic E-state index is 8.33. The third-order valence-corrected chi connectivity index (χ3v) is 1.07. The van der Waals surface area contributed by atoms with E-state index in [0.29, 0.717) is 5.57 Å². The van der Waals surface area contributed by atoms with Gasteiger partial charge in [0.2, 0.25) is 0 Å². The van der Waals surface area contributed by atoms with E-state index in [-0.39, 0.29) is 0 Å². The Morgan fingerprint density at radius 2 is 2.00 bits per heavy atom. The largest absolute Gasteiger partial charge is 0.501 e. The maximum atomic E-state index is 8.33. The lowest BCUT2D eigenvalue weighted by Crippen LogP contribution is -1.76. The van der Waals surface area contributed by atoms with Crippen molar-refractivity contribution in [1.29, 1.82) is 5.26 Å². The van der Waals surface area contributed by atoms with E-state index in [0.717, 1.165) is 5.76 Å². The minimum Gasteiger partial charge on any atom is -0.501 e. The third kappa shape index (κ3) is 3.73. The fraction of sp³-hybridized carbons (Fsp3) is 0.375. The number of allylic oxidation sites excluding steroid dienone is 4. The first kappa shape index (κ1) is 8.77. The van der Waals surface area contributed by atoms with Crippen molar-refractivity contribution >= 4 is 0 Å². The van der Waals surface area contributed by atoms with Crippen molar-refractivity contribution < 1.29 is 4.74 Å². The van der Waals surface area contributed by atoms with E-state index in [1.54, 1.807) is 26.2 Å². The summed E-state index contributed by atoms with van der Waals surface area (Å²) in [5.41, 5.74) is 0.677. The van der Waals surface area contributed by atoms with Crippen molar-refractivity contribution in [2.75, 3.05) is 7.11 Å². The van der Waals surface area contributed by atoms with Gasteiger partial charge in [-0.3, -0.25) is 0 Å². The quantitative estimate of drug-likeness (QED) is 0.331. The molecule has 54 valence electrons. The molecule has 2 nitrogen and oxygen atoms in total. The van der Waals surface area contributed by atoms with Crippen LogP contribution >= 0.6 is 0 Å². The lowest BCUT2D eigenvalue weighted by molar-refractivity contribution is 0.294. The van der Waals surface area contributed by atoms with Crippen LogP contribution in [0.1, 0.15) is 13.8 Å². The fourth-order valence-corrected chi connectivity index (χ4v) is 0.348. The standard InChI is InChI=1S/C8H11NO/c1-7(6-9)4-5-8(2)10-3/h4-5H,1-3H3. The summed E-state index contributed by atoms with van der Waals surface area (Å²) >= 11 is 0. The Balaban J connectivity index is 4.07. The smallest absolute Gasteiger partial charge is 0.0944 e. The Morgan fingerprint density at radius 1 is 1.40 bits per heavy atom. The SMILES string of the molecule is COC(C)=CC=C(C)C#N. The minimum absolute atomic E-state index is 0.677. The van der Waals surface area contributed by atoms with E-state index >= 15 is 0 Å². The highest BCUT2D eigenvalue weighted by Gasteiger charge is 1.82. The van der Waals surface area contributed by atoms with Crippen molar-refractivity contribution in [1.82, 2.24) is 0 Å². The van der Waals surface area contributed by atoms with Crippen LogP contribution in [0.5, 0.6) is 0 Å². The normalized spacial score (nSPS) is 12.6. The van der Waals surface area contributed by atoms with Gasteiger partial charge in [-0.25, -0.2) is 0 Å². The zero-order valence-corrected chi connectivity index (χ0v) is 6.51. The number of hydrogen-bond acceptors (Lipinski definition) is 2. The molecule has 0 aliphatic rings. The lowest BCUT2D eigenvalue weighted by atomic mass is 10.3. The molecule has 0 atom stereocenters. The molecule has 0 N–H and O–H groups in total. The highest BCUT2D eigenvalue weighted by atomic mass is 16.5. The summed E-state index contributed by atoms with van der Waals surface area (Å²) in [6.45, 7) is 3.58.